The van der Waals surface area contributed by atoms with Crippen LogP contribution in [0.5, 0.6) is 5.75 Å². The summed E-state index contributed by atoms with van der Waals surface area (Å²) in [4.78, 5) is 2.54. The number of rotatable bonds is 7. The lowest BCUT2D eigenvalue weighted by Gasteiger charge is -2.30. The second-order valence-electron chi connectivity index (χ2n) is 6.29. The summed E-state index contributed by atoms with van der Waals surface area (Å²) < 4.78 is 5.52. The van der Waals surface area contributed by atoms with Crippen LogP contribution in [0.25, 0.3) is 0 Å². The fourth-order valence-electron chi connectivity index (χ4n) is 2.70. The Hall–Kier alpha value is -1.22. The van der Waals surface area contributed by atoms with Gasteiger partial charge in [0.15, 0.2) is 0 Å². The SMILES string of the molecule is COc1cccc(N(CCC(C)C)C2CC2)c1[C@@H](C)N. The van der Waals surface area contributed by atoms with E-state index in [1.807, 2.05) is 13.0 Å². The van der Waals surface area contributed by atoms with E-state index in [1.165, 1.54) is 24.9 Å². The Balaban J connectivity index is 2.32. The van der Waals surface area contributed by atoms with Crippen molar-refractivity contribution >= 4 is 5.69 Å². The van der Waals surface area contributed by atoms with Crippen molar-refractivity contribution in [2.45, 2.75) is 52.1 Å². The van der Waals surface area contributed by atoms with Gasteiger partial charge in [-0.2, -0.15) is 0 Å². The molecule has 0 amide bonds. The summed E-state index contributed by atoms with van der Waals surface area (Å²) in [7, 11) is 1.72. The van der Waals surface area contributed by atoms with Gasteiger partial charge >= 0.3 is 0 Å². The lowest BCUT2D eigenvalue weighted by atomic mass is 10.0. The summed E-state index contributed by atoms with van der Waals surface area (Å²) in [6.45, 7) is 7.70. The van der Waals surface area contributed by atoms with Crippen molar-refractivity contribution in [2.24, 2.45) is 11.7 Å². The Morgan fingerprint density at radius 1 is 1.30 bits per heavy atom. The average Bonchev–Trinajstić information content (AvgIpc) is 3.22. The third-order valence-corrected chi connectivity index (χ3v) is 3.96. The van der Waals surface area contributed by atoms with Gasteiger partial charge in [0.05, 0.1) is 7.11 Å². The van der Waals surface area contributed by atoms with Crippen LogP contribution in [0.1, 0.15) is 51.6 Å². The second kappa shape index (κ2) is 6.49. The molecule has 1 aliphatic rings. The lowest BCUT2D eigenvalue weighted by molar-refractivity contribution is 0.406. The minimum absolute atomic E-state index is 0.0125. The molecule has 3 nitrogen and oxygen atoms in total. The normalized spacial score (nSPS) is 16.3. The number of nitrogens with two attached hydrogens (primary N) is 1. The molecule has 0 aliphatic heterocycles. The first-order valence-corrected chi connectivity index (χ1v) is 7.73. The molecule has 0 bridgehead atoms. The molecule has 0 radical (unpaired) electrons. The molecule has 2 rings (SSSR count). The van der Waals surface area contributed by atoms with Crippen molar-refractivity contribution in [1.29, 1.82) is 0 Å². The molecule has 2 N–H and O–H groups in total. The van der Waals surface area contributed by atoms with E-state index in [0.29, 0.717) is 6.04 Å². The van der Waals surface area contributed by atoms with Crippen molar-refractivity contribution in [3.63, 3.8) is 0 Å². The molecule has 1 fully saturated rings. The van der Waals surface area contributed by atoms with E-state index in [2.05, 4.69) is 30.9 Å². The molecule has 1 aliphatic carbocycles. The number of benzene rings is 1. The van der Waals surface area contributed by atoms with Gasteiger partial charge in [-0.25, -0.2) is 0 Å². The fraction of sp³-hybridized carbons (Fsp3) is 0.647. The van der Waals surface area contributed by atoms with Crippen molar-refractivity contribution in [3.8, 4) is 5.75 Å². The van der Waals surface area contributed by atoms with E-state index in [0.717, 1.165) is 23.8 Å². The summed E-state index contributed by atoms with van der Waals surface area (Å²) in [6, 6.07) is 6.96. The van der Waals surface area contributed by atoms with E-state index < -0.39 is 0 Å². The topological polar surface area (TPSA) is 38.5 Å². The molecule has 1 atom stereocenters. The fourth-order valence-corrected chi connectivity index (χ4v) is 2.70. The Morgan fingerprint density at radius 3 is 2.50 bits per heavy atom. The first-order valence-electron chi connectivity index (χ1n) is 7.73. The average molecular weight is 276 g/mol. The van der Waals surface area contributed by atoms with Gasteiger partial charge < -0.3 is 15.4 Å². The van der Waals surface area contributed by atoms with Crippen molar-refractivity contribution in [3.05, 3.63) is 23.8 Å². The molecule has 1 aromatic rings. The summed E-state index contributed by atoms with van der Waals surface area (Å²) >= 11 is 0. The minimum atomic E-state index is -0.0125. The molecule has 0 aromatic heterocycles. The number of hydrogen-bond donors (Lipinski definition) is 1. The standard InChI is InChI=1S/C17H28N2O/c1-12(2)10-11-19(14-8-9-14)15-6-5-7-16(20-4)17(15)13(3)18/h5-7,12-14H,8-11,18H2,1-4H3/t13-/m1/s1. The van der Waals surface area contributed by atoms with Crippen LogP contribution in [0, 0.1) is 5.92 Å². The summed E-state index contributed by atoms with van der Waals surface area (Å²) in [5, 5.41) is 0. The van der Waals surface area contributed by atoms with Crippen molar-refractivity contribution < 1.29 is 4.74 Å². The summed E-state index contributed by atoms with van der Waals surface area (Å²) in [5.41, 5.74) is 8.61. The van der Waals surface area contributed by atoms with Crippen molar-refractivity contribution in [2.75, 3.05) is 18.6 Å². The van der Waals surface area contributed by atoms with Crippen molar-refractivity contribution in [1.82, 2.24) is 0 Å². The second-order valence-corrected chi connectivity index (χ2v) is 6.29. The maximum Gasteiger partial charge on any atom is 0.125 e. The number of methoxy groups -OCH3 is 1. The smallest absolute Gasteiger partial charge is 0.125 e. The molecule has 1 saturated carbocycles. The van der Waals surface area contributed by atoms with Gasteiger partial charge in [-0.1, -0.05) is 19.9 Å². The van der Waals surface area contributed by atoms with Gasteiger partial charge in [-0.05, 0) is 44.2 Å². The highest BCUT2D eigenvalue weighted by Gasteiger charge is 2.31. The largest absolute Gasteiger partial charge is 0.496 e. The maximum absolute atomic E-state index is 6.20. The van der Waals surface area contributed by atoms with Crippen LogP contribution in [0.2, 0.25) is 0 Å². The van der Waals surface area contributed by atoms with E-state index in [1.54, 1.807) is 7.11 Å². The molecule has 0 unspecified atom stereocenters. The van der Waals surface area contributed by atoms with Crippen LogP contribution in [0.3, 0.4) is 0 Å². The Bertz CT molecular complexity index is 439. The van der Waals surface area contributed by atoms with Gasteiger partial charge in [0, 0.05) is 29.9 Å². The maximum atomic E-state index is 6.20. The van der Waals surface area contributed by atoms with Gasteiger partial charge in [0.2, 0.25) is 0 Å². The minimum Gasteiger partial charge on any atom is -0.496 e. The van der Waals surface area contributed by atoms with Crippen LogP contribution < -0.4 is 15.4 Å². The van der Waals surface area contributed by atoms with E-state index in [-0.39, 0.29) is 6.04 Å². The number of hydrogen-bond acceptors (Lipinski definition) is 3. The Morgan fingerprint density at radius 2 is 2.00 bits per heavy atom. The van der Waals surface area contributed by atoms with Crippen LogP contribution >= 0.6 is 0 Å². The van der Waals surface area contributed by atoms with Crippen LogP contribution in [0.15, 0.2) is 18.2 Å². The van der Waals surface area contributed by atoms with Crippen LogP contribution in [-0.4, -0.2) is 19.7 Å². The van der Waals surface area contributed by atoms with Crippen LogP contribution in [-0.2, 0) is 0 Å². The predicted octanol–water partition coefficient (Wildman–Crippen LogP) is 3.73. The monoisotopic (exact) mass is 276 g/mol. The highest BCUT2D eigenvalue weighted by Crippen LogP contribution is 2.39. The zero-order chi connectivity index (χ0) is 14.7. The third kappa shape index (κ3) is 3.45. The summed E-state index contributed by atoms with van der Waals surface area (Å²) in [6.07, 6.45) is 3.81. The zero-order valence-electron chi connectivity index (χ0n) is 13.2. The molecule has 3 heteroatoms. The highest BCUT2D eigenvalue weighted by atomic mass is 16.5. The number of ether oxygens (including phenoxy) is 1. The molecule has 0 spiro atoms. The first kappa shape index (κ1) is 15.2. The van der Waals surface area contributed by atoms with Gasteiger partial charge in [-0.15, -0.1) is 0 Å². The van der Waals surface area contributed by atoms with Gasteiger partial charge in [-0.3, -0.25) is 0 Å². The molecule has 0 heterocycles. The van der Waals surface area contributed by atoms with Crippen LogP contribution in [0.4, 0.5) is 5.69 Å². The first-order chi connectivity index (χ1) is 9.54. The van der Waals surface area contributed by atoms with E-state index in [4.69, 9.17) is 10.5 Å². The van der Waals surface area contributed by atoms with Gasteiger partial charge in [0.1, 0.15) is 5.75 Å². The number of anilines is 1. The predicted molar refractivity (Wildman–Crippen MR) is 85.4 cm³/mol. The van der Waals surface area contributed by atoms with E-state index >= 15 is 0 Å². The molecule has 20 heavy (non-hydrogen) atoms. The molecule has 1 aromatic carbocycles. The lowest BCUT2D eigenvalue weighted by Crippen LogP contribution is -2.29. The molecular weight excluding hydrogens is 248 g/mol. The highest BCUT2D eigenvalue weighted by molar-refractivity contribution is 5.62. The quantitative estimate of drug-likeness (QED) is 0.824. The molecular formula is C17H28N2O. The number of nitrogens with zero attached hydrogens (tertiary/aromatic N) is 1. The van der Waals surface area contributed by atoms with Gasteiger partial charge in [0.25, 0.3) is 0 Å². The van der Waals surface area contributed by atoms with E-state index in [9.17, 15) is 0 Å². The summed E-state index contributed by atoms with van der Waals surface area (Å²) in [5.74, 6) is 1.63. The zero-order valence-corrected chi connectivity index (χ0v) is 13.2. The molecule has 112 valence electrons. The molecule has 0 saturated heterocycles. The third-order valence-electron chi connectivity index (χ3n) is 3.96. The Kier molecular flexibility index (Phi) is 4.92. The Labute approximate surface area is 123 Å².